The van der Waals surface area contributed by atoms with Gasteiger partial charge in [-0.1, -0.05) is 0 Å². The lowest BCUT2D eigenvalue weighted by molar-refractivity contribution is 0.245. The van der Waals surface area contributed by atoms with Crippen molar-refractivity contribution in [2.75, 3.05) is 31.1 Å². The highest BCUT2D eigenvalue weighted by Crippen LogP contribution is 2.21. The minimum Gasteiger partial charge on any atom is -0.422 e. The van der Waals surface area contributed by atoms with Crippen LogP contribution in [0.2, 0.25) is 0 Å². The van der Waals surface area contributed by atoms with Gasteiger partial charge in [-0.2, -0.15) is 10.1 Å². The molecule has 1 saturated heterocycles. The molecule has 0 aliphatic carbocycles. The molecule has 24 heavy (non-hydrogen) atoms. The van der Waals surface area contributed by atoms with Gasteiger partial charge < -0.3 is 9.32 Å². The van der Waals surface area contributed by atoms with Crippen LogP contribution in [0, 0.1) is 6.92 Å². The van der Waals surface area contributed by atoms with Gasteiger partial charge in [-0.3, -0.25) is 9.58 Å². The maximum atomic E-state index is 5.82. The van der Waals surface area contributed by atoms with Crippen molar-refractivity contribution in [1.82, 2.24) is 24.6 Å². The molecule has 0 aromatic carbocycles. The first-order chi connectivity index (χ1) is 11.7. The van der Waals surface area contributed by atoms with Crippen LogP contribution in [0.5, 0.6) is 0 Å². The summed E-state index contributed by atoms with van der Waals surface area (Å²) in [7, 11) is 0. The van der Waals surface area contributed by atoms with Gasteiger partial charge in [-0.25, -0.2) is 4.98 Å². The standard InChI is InChI=1S/C17H22N6O/c1-3-23-12-14(13(2)20-23)11-21-7-9-22(10-8-21)17-19-16-15(24-17)5-4-6-18-16/h4-6,12H,3,7-11H2,1-2H3. The average Bonchev–Trinajstić information content (AvgIpc) is 3.19. The Hall–Kier alpha value is -2.41. The molecule has 0 saturated carbocycles. The number of rotatable bonds is 4. The molecule has 0 bridgehead atoms. The van der Waals surface area contributed by atoms with Gasteiger partial charge in [0.15, 0.2) is 5.58 Å². The largest absolute Gasteiger partial charge is 0.422 e. The van der Waals surface area contributed by atoms with Gasteiger partial charge in [0.05, 0.1) is 5.69 Å². The zero-order chi connectivity index (χ0) is 16.5. The minimum absolute atomic E-state index is 0.678. The van der Waals surface area contributed by atoms with Crippen LogP contribution >= 0.6 is 0 Å². The van der Waals surface area contributed by atoms with Gasteiger partial charge >= 0.3 is 0 Å². The third-order valence-electron chi connectivity index (χ3n) is 4.56. The Balaban J connectivity index is 1.40. The quantitative estimate of drug-likeness (QED) is 0.731. The molecule has 0 N–H and O–H groups in total. The fourth-order valence-corrected chi connectivity index (χ4v) is 3.11. The van der Waals surface area contributed by atoms with Crippen molar-refractivity contribution in [3.8, 4) is 0 Å². The number of pyridine rings is 1. The summed E-state index contributed by atoms with van der Waals surface area (Å²) < 4.78 is 7.82. The maximum Gasteiger partial charge on any atom is 0.300 e. The molecule has 4 heterocycles. The van der Waals surface area contributed by atoms with E-state index in [4.69, 9.17) is 4.42 Å². The maximum absolute atomic E-state index is 5.82. The van der Waals surface area contributed by atoms with Crippen LogP contribution in [-0.2, 0) is 13.1 Å². The molecule has 0 amide bonds. The second-order valence-electron chi connectivity index (χ2n) is 6.18. The molecule has 1 aliphatic rings. The molecule has 7 nitrogen and oxygen atoms in total. The highest BCUT2D eigenvalue weighted by atomic mass is 16.4. The molecular weight excluding hydrogens is 304 g/mol. The molecular formula is C17H22N6O. The summed E-state index contributed by atoms with van der Waals surface area (Å²) in [6, 6.07) is 4.45. The molecule has 7 heteroatoms. The molecule has 0 spiro atoms. The van der Waals surface area contributed by atoms with Crippen molar-refractivity contribution in [2.45, 2.75) is 26.9 Å². The lowest BCUT2D eigenvalue weighted by Crippen LogP contribution is -2.46. The predicted molar refractivity (Wildman–Crippen MR) is 91.9 cm³/mol. The van der Waals surface area contributed by atoms with E-state index in [1.54, 1.807) is 6.20 Å². The number of aryl methyl sites for hydroxylation is 2. The third-order valence-corrected chi connectivity index (χ3v) is 4.56. The molecule has 0 unspecified atom stereocenters. The van der Waals surface area contributed by atoms with Gasteiger partial charge in [-0.15, -0.1) is 0 Å². The van der Waals surface area contributed by atoms with Crippen LogP contribution in [0.1, 0.15) is 18.2 Å². The Morgan fingerprint density at radius 2 is 2.04 bits per heavy atom. The van der Waals surface area contributed by atoms with Crippen LogP contribution in [0.3, 0.4) is 0 Å². The smallest absolute Gasteiger partial charge is 0.300 e. The van der Waals surface area contributed by atoms with Gasteiger partial charge in [0, 0.05) is 57.2 Å². The summed E-state index contributed by atoms with van der Waals surface area (Å²) in [5.74, 6) is 0. The van der Waals surface area contributed by atoms with E-state index in [2.05, 4.69) is 44.9 Å². The zero-order valence-electron chi connectivity index (χ0n) is 14.1. The van der Waals surface area contributed by atoms with Crippen molar-refractivity contribution in [3.63, 3.8) is 0 Å². The highest BCUT2D eigenvalue weighted by molar-refractivity contribution is 5.69. The van der Waals surface area contributed by atoms with E-state index in [1.165, 1.54) is 5.56 Å². The van der Waals surface area contributed by atoms with Gasteiger partial charge in [0.2, 0.25) is 5.65 Å². The van der Waals surface area contributed by atoms with Crippen molar-refractivity contribution in [3.05, 3.63) is 35.8 Å². The van der Waals surface area contributed by atoms with Crippen molar-refractivity contribution in [2.24, 2.45) is 0 Å². The van der Waals surface area contributed by atoms with Crippen LogP contribution < -0.4 is 4.90 Å². The van der Waals surface area contributed by atoms with E-state index >= 15 is 0 Å². The molecule has 1 fully saturated rings. The van der Waals surface area contributed by atoms with Crippen molar-refractivity contribution < 1.29 is 4.42 Å². The van der Waals surface area contributed by atoms with E-state index in [-0.39, 0.29) is 0 Å². The molecule has 3 aromatic rings. The average molecular weight is 326 g/mol. The van der Waals surface area contributed by atoms with E-state index in [0.29, 0.717) is 11.7 Å². The van der Waals surface area contributed by atoms with E-state index < -0.39 is 0 Å². The van der Waals surface area contributed by atoms with Crippen LogP contribution in [0.15, 0.2) is 28.9 Å². The van der Waals surface area contributed by atoms with Crippen LogP contribution in [0.25, 0.3) is 11.2 Å². The number of hydrogen-bond acceptors (Lipinski definition) is 6. The summed E-state index contributed by atoms with van der Waals surface area (Å²) in [4.78, 5) is 13.4. The van der Waals surface area contributed by atoms with Gasteiger partial charge in [-0.05, 0) is 26.0 Å². The number of hydrogen-bond donors (Lipinski definition) is 0. The first kappa shape index (κ1) is 15.1. The number of oxazole rings is 1. The zero-order valence-corrected chi connectivity index (χ0v) is 14.1. The van der Waals surface area contributed by atoms with Gasteiger partial charge in [0.25, 0.3) is 6.01 Å². The fourth-order valence-electron chi connectivity index (χ4n) is 3.11. The Labute approximate surface area is 140 Å². The second kappa shape index (κ2) is 6.24. The van der Waals surface area contributed by atoms with Gasteiger partial charge in [0.1, 0.15) is 0 Å². The Morgan fingerprint density at radius 1 is 1.21 bits per heavy atom. The summed E-state index contributed by atoms with van der Waals surface area (Å²) in [6.07, 6.45) is 3.90. The molecule has 3 aromatic heterocycles. The van der Waals surface area contributed by atoms with Crippen molar-refractivity contribution in [1.29, 1.82) is 0 Å². The molecule has 4 rings (SSSR count). The number of anilines is 1. The Kier molecular flexibility index (Phi) is 3.93. The number of aromatic nitrogens is 4. The van der Waals surface area contributed by atoms with E-state index in [9.17, 15) is 0 Å². The highest BCUT2D eigenvalue weighted by Gasteiger charge is 2.22. The molecule has 0 radical (unpaired) electrons. The summed E-state index contributed by atoms with van der Waals surface area (Å²) in [5.41, 5.74) is 3.87. The number of fused-ring (bicyclic) bond motifs is 1. The topological polar surface area (TPSA) is 63.2 Å². The summed E-state index contributed by atoms with van der Waals surface area (Å²) in [6.45, 7) is 9.87. The lowest BCUT2D eigenvalue weighted by atomic mass is 10.2. The van der Waals surface area contributed by atoms with Crippen LogP contribution in [-0.4, -0.2) is 50.8 Å². The van der Waals surface area contributed by atoms with Crippen LogP contribution in [0.4, 0.5) is 6.01 Å². The SMILES string of the molecule is CCn1cc(CN2CCN(c3nc4ncccc4o3)CC2)c(C)n1. The van der Waals surface area contributed by atoms with E-state index in [1.807, 2.05) is 16.8 Å². The normalized spacial score (nSPS) is 16.2. The van der Waals surface area contributed by atoms with Crippen molar-refractivity contribution >= 4 is 17.2 Å². The number of piperazine rings is 1. The number of nitrogens with zero attached hydrogens (tertiary/aromatic N) is 6. The first-order valence-corrected chi connectivity index (χ1v) is 8.44. The lowest BCUT2D eigenvalue weighted by Gasteiger charge is -2.33. The minimum atomic E-state index is 0.678. The molecule has 1 aliphatic heterocycles. The molecule has 0 atom stereocenters. The first-order valence-electron chi connectivity index (χ1n) is 8.44. The third kappa shape index (κ3) is 2.87. The predicted octanol–water partition coefficient (Wildman–Crippen LogP) is 2.07. The summed E-state index contributed by atoms with van der Waals surface area (Å²) >= 11 is 0. The Bertz CT molecular complexity index is 798. The molecule has 126 valence electrons. The monoisotopic (exact) mass is 326 g/mol. The summed E-state index contributed by atoms with van der Waals surface area (Å²) in [5, 5.41) is 4.53. The van der Waals surface area contributed by atoms with E-state index in [0.717, 1.165) is 50.5 Å². The Morgan fingerprint density at radius 3 is 2.75 bits per heavy atom. The second-order valence-corrected chi connectivity index (χ2v) is 6.18. The fraction of sp³-hybridized carbons (Fsp3) is 0.471.